The average molecular weight is 477 g/mol. The summed E-state index contributed by atoms with van der Waals surface area (Å²) in [7, 11) is 0. The molecule has 2 N–H and O–H groups in total. The van der Waals surface area contributed by atoms with E-state index in [-0.39, 0.29) is 0 Å². The van der Waals surface area contributed by atoms with Gasteiger partial charge < -0.3 is 5.73 Å². The Kier molecular flexibility index (Phi) is 19.0. The van der Waals surface area contributed by atoms with Crippen LogP contribution in [0.1, 0.15) is 12.8 Å². The van der Waals surface area contributed by atoms with Crippen molar-refractivity contribution in [1.82, 2.24) is 0 Å². The summed E-state index contributed by atoms with van der Waals surface area (Å²) in [6, 6.07) is 0. The first-order valence-corrected chi connectivity index (χ1v) is 6.44. The van der Waals surface area contributed by atoms with Crippen LogP contribution >= 0.6 is 67.8 Å². The Labute approximate surface area is 104 Å². The Balaban J connectivity index is 0. The number of terminal acetylenes is 1. The molecule has 0 fully saturated rings. The zero-order chi connectivity index (χ0) is 8.41. The first kappa shape index (κ1) is 14.2. The Bertz CT molecular complexity index is 84.7. The fraction of sp³-hybridized carbons (Fsp3) is 0.667. The van der Waals surface area contributed by atoms with Crippen LogP contribution in [-0.2, 0) is 0 Å². The van der Waals surface area contributed by atoms with E-state index < -0.39 is 0 Å². The molecule has 0 aliphatic carbocycles. The molecule has 0 bridgehead atoms. The normalized spacial score (nSPS) is 8.00. The smallest absolute Gasteiger partial charge is 0.114 e. The first-order chi connectivity index (χ1) is 4.65. The average Bonchev–Trinajstić information content (AvgIpc) is 1.82. The molecule has 0 spiro atoms. The molecule has 0 aromatic carbocycles. The van der Waals surface area contributed by atoms with E-state index in [0.29, 0.717) is 6.54 Å². The SMILES string of the molecule is C#CCCCN.IC(I)I. The van der Waals surface area contributed by atoms with E-state index in [2.05, 4.69) is 73.7 Å². The van der Waals surface area contributed by atoms with Crippen LogP contribution in [0.2, 0.25) is 0 Å². The van der Waals surface area contributed by atoms with Gasteiger partial charge in [0.15, 0.2) is 0 Å². The highest BCUT2D eigenvalue weighted by atomic mass is 127. The summed E-state index contributed by atoms with van der Waals surface area (Å²) >= 11 is 6.95. The molecule has 1 nitrogen and oxygen atoms in total. The second kappa shape index (κ2) is 13.3. The van der Waals surface area contributed by atoms with Gasteiger partial charge in [-0.25, -0.2) is 0 Å². The molecular weight excluding hydrogens is 467 g/mol. The summed E-state index contributed by atoms with van der Waals surface area (Å²) in [5, 5.41) is 0. The van der Waals surface area contributed by atoms with Crippen LogP contribution in [0.15, 0.2) is 0 Å². The molecule has 0 rings (SSSR count). The number of nitrogens with two attached hydrogens (primary N) is 1. The minimum absolute atomic E-state index is 0.712. The highest BCUT2D eigenvalue weighted by Gasteiger charge is 1.76. The molecule has 0 saturated carbocycles. The highest BCUT2D eigenvalue weighted by Crippen LogP contribution is 2.16. The Morgan fingerprint density at radius 1 is 1.40 bits per heavy atom. The van der Waals surface area contributed by atoms with Crippen molar-refractivity contribution in [1.29, 1.82) is 0 Å². The van der Waals surface area contributed by atoms with E-state index in [4.69, 9.17) is 12.2 Å². The van der Waals surface area contributed by atoms with Gasteiger partial charge in [0.1, 0.15) is -0.0619 Å². The van der Waals surface area contributed by atoms with E-state index in [1.165, 1.54) is 0 Å². The molecule has 0 aromatic heterocycles. The Morgan fingerprint density at radius 2 is 1.80 bits per heavy atom. The van der Waals surface area contributed by atoms with Crippen molar-refractivity contribution < 1.29 is 0 Å². The fourth-order valence-electron chi connectivity index (χ4n) is 0.204. The molecule has 10 heavy (non-hydrogen) atoms. The standard InChI is InChI=1S/C5H9N.CHI3/c1-2-3-4-5-6;2-1(3)4/h1H,3-6H2;1H. The van der Waals surface area contributed by atoms with Crippen LogP contribution in [0.3, 0.4) is 0 Å². The number of unbranched alkanes of at least 4 members (excludes halogenated alkanes) is 1. The highest BCUT2D eigenvalue weighted by molar-refractivity contribution is 14.3. The van der Waals surface area contributed by atoms with Gasteiger partial charge in [0.2, 0.25) is 0 Å². The van der Waals surface area contributed by atoms with Gasteiger partial charge in [0.05, 0.1) is 0 Å². The molecule has 60 valence electrons. The lowest BCUT2D eigenvalue weighted by Gasteiger charge is -1.80. The van der Waals surface area contributed by atoms with Crippen LogP contribution in [0.5, 0.6) is 0 Å². The second-order valence-electron chi connectivity index (χ2n) is 1.34. The minimum Gasteiger partial charge on any atom is -0.330 e. The summed E-state index contributed by atoms with van der Waals surface area (Å²) < 4.78 is 0.743. The fourth-order valence-corrected chi connectivity index (χ4v) is 0.204. The first-order valence-electron chi connectivity index (χ1n) is 2.71. The zero-order valence-corrected chi connectivity index (χ0v) is 12.0. The molecule has 0 aromatic rings. The maximum Gasteiger partial charge on any atom is 0.114 e. The van der Waals surface area contributed by atoms with E-state index in [9.17, 15) is 0 Å². The third-order valence-electron chi connectivity index (χ3n) is 0.525. The maximum absolute atomic E-state index is 5.12. The molecule has 0 heterocycles. The van der Waals surface area contributed by atoms with Crippen molar-refractivity contribution in [2.24, 2.45) is 5.73 Å². The number of halogens is 3. The lowest BCUT2D eigenvalue weighted by molar-refractivity contribution is 0.870. The third-order valence-corrected chi connectivity index (χ3v) is 0.525. The topological polar surface area (TPSA) is 26.0 Å². The second-order valence-corrected chi connectivity index (χ2v) is 12.2. The minimum atomic E-state index is 0.712. The summed E-state index contributed by atoms with van der Waals surface area (Å²) in [6.45, 7) is 0.712. The molecule has 0 aliphatic heterocycles. The molecular formula is C6H10I3N. The number of hydrogen-bond donors (Lipinski definition) is 1. The molecule has 0 atom stereocenters. The van der Waals surface area contributed by atoms with Crippen LogP contribution in [0.25, 0.3) is 0 Å². The van der Waals surface area contributed by atoms with E-state index >= 15 is 0 Å². The van der Waals surface area contributed by atoms with Crippen LogP contribution < -0.4 is 5.73 Å². The largest absolute Gasteiger partial charge is 0.330 e. The van der Waals surface area contributed by atoms with E-state index in [1.807, 2.05) is 0 Å². The van der Waals surface area contributed by atoms with Gasteiger partial charge in [0.25, 0.3) is 0 Å². The van der Waals surface area contributed by atoms with Crippen molar-refractivity contribution in [3.8, 4) is 12.3 Å². The van der Waals surface area contributed by atoms with Gasteiger partial charge in [-0.3, -0.25) is 0 Å². The summed E-state index contributed by atoms with van der Waals surface area (Å²) in [4.78, 5) is 0. The quantitative estimate of drug-likeness (QED) is 0.282. The number of alkyl halides is 3. The van der Waals surface area contributed by atoms with Crippen molar-refractivity contribution in [2.75, 3.05) is 6.54 Å². The van der Waals surface area contributed by atoms with Gasteiger partial charge in [-0.05, 0) is 13.0 Å². The number of rotatable bonds is 2. The number of hydrogen-bond acceptors (Lipinski definition) is 1. The van der Waals surface area contributed by atoms with E-state index in [1.54, 1.807) is 0 Å². The summed E-state index contributed by atoms with van der Waals surface area (Å²) in [5.74, 6) is 2.49. The van der Waals surface area contributed by atoms with Gasteiger partial charge in [-0.1, -0.05) is 67.8 Å². The van der Waals surface area contributed by atoms with Crippen molar-refractivity contribution in [3.63, 3.8) is 0 Å². The van der Waals surface area contributed by atoms with Gasteiger partial charge in [-0.15, -0.1) is 12.3 Å². The lowest BCUT2D eigenvalue weighted by atomic mass is 10.3. The maximum atomic E-state index is 5.12. The Hall–Kier alpha value is 1.71. The van der Waals surface area contributed by atoms with Gasteiger partial charge >= 0.3 is 0 Å². The van der Waals surface area contributed by atoms with Crippen LogP contribution in [-0.4, -0.2) is 6.48 Å². The lowest BCUT2D eigenvalue weighted by Crippen LogP contribution is -1.96. The molecule has 0 saturated heterocycles. The van der Waals surface area contributed by atoms with Crippen molar-refractivity contribution in [3.05, 3.63) is 0 Å². The summed E-state index contributed by atoms with van der Waals surface area (Å²) in [6.07, 6.45) is 6.68. The van der Waals surface area contributed by atoms with E-state index in [0.717, 1.165) is 12.8 Å². The van der Waals surface area contributed by atoms with Crippen molar-refractivity contribution in [2.45, 2.75) is 12.8 Å². The van der Waals surface area contributed by atoms with Gasteiger partial charge in [0, 0.05) is 6.42 Å². The molecule has 0 aliphatic rings. The summed E-state index contributed by atoms with van der Waals surface area (Å²) in [5.41, 5.74) is 5.12. The Morgan fingerprint density at radius 3 is 1.90 bits per heavy atom. The predicted molar refractivity (Wildman–Crippen MR) is 73.0 cm³/mol. The predicted octanol–water partition coefficient (Wildman–Crippen LogP) is 2.93. The van der Waals surface area contributed by atoms with Crippen LogP contribution in [0, 0.1) is 12.3 Å². The van der Waals surface area contributed by atoms with Crippen LogP contribution in [0.4, 0.5) is 0 Å². The molecule has 0 radical (unpaired) electrons. The van der Waals surface area contributed by atoms with Crippen molar-refractivity contribution >= 4 is 67.8 Å². The molecule has 0 unspecified atom stereocenters. The van der Waals surface area contributed by atoms with Gasteiger partial charge in [-0.2, -0.15) is 0 Å². The third kappa shape index (κ3) is 33.2. The molecule has 0 amide bonds. The zero-order valence-electron chi connectivity index (χ0n) is 5.49. The monoisotopic (exact) mass is 477 g/mol. The molecule has 4 heteroatoms.